The van der Waals surface area contributed by atoms with Gasteiger partial charge in [-0.3, -0.25) is 0 Å². The number of rotatable bonds is 4. The van der Waals surface area contributed by atoms with Gasteiger partial charge in [0.05, 0.1) is 5.69 Å². The standard InChI is InChI=1S/C16H17N5O2S/c1-17-24(22,23)14-10-20(11-14)15-8-7-12-9-21(19-16(12)18-15)13-5-3-2-4-6-13/h2-9,14,17H,10-11H2,1H3. The number of benzene rings is 1. The van der Waals surface area contributed by atoms with E-state index in [4.69, 9.17) is 0 Å². The molecule has 1 aliphatic rings. The first-order valence-electron chi connectivity index (χ1n) is 7.66. The van der Waals surface area contributed by atoms with Crippen LogP contribution in [-0.2, 0) is 10.0 Å². The topological polar surface area (TPSA) is 80.1 Å². The lowest BCUT2D eigenvalue weighted by atomic mass is 10.2. The second kappa shape index (κ2) is 5.57. The third-order valence-corrected chi connectivity index (χ3v) is 6.02. The van der Waals surface area contributed by atoms with E-state index in [0.717, 1.165) is 16.9 Å². The van der Waals surface area contributed by atoms with Crippen molar-refractivity contribution in [3.8, 4) is 5.69 Å². The SMILES string of the molecule is CNS(=O)(=O)C1CN(c2ccc3cn(-c4ccccc4)nc3n2)C1. The van der Waals surface area contributed by atoms with Gasteiger partial charge in [0.15, 0.2) is 5.65 Å². The molecule has 8 heteroatoms. The van der Waals surface area contributed by atoms with E-state index in [1.165, 1.54) is 7.05 Å². The van der Waals surface area contributed by atoms with Gasteiger partial charge < -0.3 is 4.90 Å². The van der Waals surface area contributed by atoms with E-state index < -0.39 is 10.0 Å². The minimum absolute atomic E-state index is 0.387. The zero-order chi connectivity index (χ0) is 16.7. The van der Waals surface area contributed by atoms with Crippen LogP contribution < -0.4 is 9.62 Å². The summed E-state index contributed by atoms with van der Waals surface area (Å²) >= 11 is 0. The molecule has 3 heterocycles. The fourth-order valence-corrected chi connectivity index (χ4v) is 3.86. The summed E-state index contributed by atoms with van der Waals surface area (Å²) in [5, 5.41) is 5.08. The fraction of sp³-hybridized carbons (Fsp3) is 0.250. The van der Waals surface area contributed by atoms with Crippen LogP contribution in [0.2, 0.25) is 0 Å². The molecule has 1 N–H and O–H groups in total. The summed E-state index contributed by atoms with van der Waals surface area (Å²) in [6.45, 7) is 0.891. The highest BCUT2D eigenvalue weighted by molar-refractivity contribution is 7.90. The van der Waals surface area contributed by atoms with E-state index in [2.05, 4.69) is 14.8 Å². The largest absolute Gasteiger partial charge is 0.354 e. The highest BCUT2D eigenvalue weighted by Crippen LogP contribution is 2.24. The zero-order valence-electron chi connectivity index (χ0n) is 13.1. The molecule has 1 fully saturated rings. The average molecular weight is 343 g/mol. The number of hydrogen-bond donors (Lipinski definition) is 1. The van der Waals surface area contributed by atoms with E-state index in [1.807, 2.05) is 53.6 Å². The van der Waals surface area contributed by atoms with Crippen molar-refractivity contribution in [2.24, 2.45) is 0 Å². The molecule has 0 unspecified atom stereocenters. The van der Waals surface area contributed by atoms with Gasteiger partial charge in [0.2, 0.25) is 10.0 Å². The molecule has 0 amide bonds. The normalized spacial score (nSPS) is 15.6. The summed E-state index contributed by atoms with van der Waals surface area (Å²) in [6, 6.07) is 13.7. The van der Waals surface area contributed by atoms with Gasteiger partial charge >= 0.3 is 0 Å². The molecule has 4 rings (SSSR count). The first-order valence-corrected chi connectivity index (χ1v) is 9.20. The molecule has 0 saturated carbocycles. The van der Waals surface area contributed by atoms with E-state index in [-0.39, 0.29) is 5.25 Å². The molecule has 3 aromatic rings. The minimum atomic E-state index is -3.22. The number of aromatic nitrogens is 3. The Morgan fingerprint density at radius 2 is 1.88 bits per heavy atom. The van der Waals surface area contributed by atoms with Gasteiger partial charge in [0.25, 0.3) is 0 Å². The predicted octanol–water partition coefficient (Wildman–Crippen LogP) is 1.16. The highest BCUT2D eigenvalue weighted by Gasteiger charge is 2.37. The van der Waals surface area contributed by atoms with Crippen molar-refractivity contribution >= 4 is 26.9 Å². The molecule has 0 spiro atoms. The molecule has 1 saturated heterocycles. The monoisotopic (exact) mass is 343 g/mol. The van der Waals surface area contributed by atoms with Gasteiger partial charge in [0.1, 0.15) is 11.1 Å². The van der Waals surface area contributed by atoms with E-state index in [0.29, 0.717) is 18.7 Å². The smallest absolute Gasteiger partial charge is 0.217 e. The highest BCUT2D eigenvalue weighted by atomic mass is 32.2. The Labute approximate surface area is 140 Å². The summed E-state index contributed by atoms with van der Waals surface area (Å²) in [4.78, 5) is 6.51. The number of sulfonamides is 1. The first-order chi connectivity index (χ1) is 11.6. The number of nitrogens with zero attached hydrogens (tertiary/aromatic N) is 4. The molecule has 124 valence electrons. The van der Waals surface area contributed by atoms with Crippen molar-refractivity contribution in [1.82, 2.24) is 19.5 Å². The van der Waals surface area contributed by atoms with E-state index in [9.17, 15) is 8.42 Å². The van der Waals surface area contributed by atoms with Crippen LogP contribution >= 0.6 is 0 Å². The Balaban J connectivity index is 1.59. The van der Waals surface area contributed by atoms with Crippen molar-refractivity contribution in [1.29, 1.82) is 0 Å². The van der Waals surface area contributed by atoms with Crippen molar-refractivity contribution in [2.45, 2.75) is 5.25 Å². The summed E-state index contributed by atoms with van der Waals surface area (Å²) in [7, 11) is -1.77. The van der Waals surface area contributed by atoms with Crippen molar-refractivity contribution in [3.63, 3.8) is 0 Å². The summed E-state index contributed by atoms with van der Waals surface area (Å²) in [5.74, 6) is 0.753. The molecular weight excluding hydrogens is 326 g/mol. The maximum Gasteiger partial charge on any atom is 0.217 e. The second-order valence-electron chi connectivity index (χ2n) is 5.77. The molecule has 0 radical (unpaired) electrons. The number of para-hydroxylation sites is 1. The number of hydrogen-bond acceptors (Lipinski definition) is 5. The van der Waals surface area contributed by atoms with Gasteiger partial charge in [-0.15, -0.1) is 5.10 Å². The molecule has 7 nitrogen and oxygen atoms in total. The third kappa shape index (κ3) is 2.53. The molecule has 0 aliphatic carbocycles. The Bertz CT molecular complexity index is 978. The van der Waals surface area contributed by atoms with Crippen LogP contribution in [0.1, 0.15) is 0 Å². The Morgan fingerprint density at radius 3 is 2.58 bits per heavy atom. The van der Waals surface area contributed by atoms with Crippen LogP contribution in [0.4, 0.5) is 5.82 Å². The van der Waals surface area contributed by atoms with Gasteiger partial charge in [0, 0.05) is 24.7 Å². The van der Waals surface area contributed by atoms with Crippen LogP contribution in [0.5, 0.6) is 0 Å². The first kappa shape index (κ1) is 15.1. The molecular formula is C16H17N5O2S. The van der Waals surface area contributed by atoms with Crippen molar-refractivity contribution in [3.05, 3.63) is 48.7 Å². The zero-order valence-corrected chi connectivity index (χ0v) is 13.9. The van der Waals surface area contributed by atoms with Crippen molar-refractivity contribution < 1.29 is 8.42 Å². The number of pyridine rings is 1. The van der Waals surface area contributed by atoms with Crippen molar-refractivity contribution in [2.75, 3.05) is 25.0 Å². The summed E-state index contributed by atoms with van der Waals surface area (Å²) in [6.07, 6.45) is 1.94. The molecule has 24 heavy (non-hydrogen) atoms. The lowest BCUT2D eigenvalue weighted by Crippen LogP contribution is -2.57. The molecule has 2 aromatic heterocycles. The summed E-state index contributed by atoms with van der Waals surface area (Å²) < 4.78 is 27.7. The Morgan fingerprint density at radius 1 is 1.12 bits per heavy atom. The van der Waals surface area contributed by atoms with Crippen LogP contribution in [0, 0.1) is 0 Å². The van der Waals surface area contributed by atoms with Crippen LogP contribution in [0.15, 0.2) is 48.7 Å². The molecule has 1 aliphatic heterocycles. The van der Waals surface area contributed by atoms with Crippen LogP contribution in [0.3, 0.4) is 0 Å². The fourth-order valence-electron chi connectivity index (χ4n) is 2.77. The van der Waals surface area contributed by atoms with E-state index >= 15 is 0 Å². The predicted molar refractivity (Wildman–Crippen MR) is 92.8 cm³/mol. The minimum Gasteiger partial charge on any atom is -0.354 e. The van der Waals surface area contributed by atoms with Gasteiger partial charge in [-0.1, -0.05) is 18.2 Å². The lowest BCUT2D eigenvalue weighted by molar-refractivity contribution is 0.532. The van der Waals surface area contributed by atoms with Gasteiger partial charge in [-0.25, -0.2) is 22.8 Å². The maximum absolute atomic E-state index is 11.8. The van der Waals surface area contributed by atoms with E-state index in [1.54, 1.807) is 4.68 Å². The molecule has 1 aromatic carbocycles. The third-order valence-electron chi connectivity index (χ3n) is 4.27. The van der Waals surface area contributed by atoms with Gasteiger partial charge in [-0.2, -0.15) is 0 Å². The number of anilines is 1. The Kier molecular flexibility index (Phi) is 3.50. The number of nitrogens with one attached hydrogen (secondary N) is 1. The average Bonchev–Trinajstić information content (AvgIpc) is 2.97. The molecule has 0 bridgehead atoms. The molecule has 0 atom stereocenters. The second-order valence-corrected chi connectivity index (χ2v) is 7.93. The van der Waals surface area contributed by atoms with Gasteiger partial charge in [-0.05, 0) is 31.3 Å². The van der Waals surface area contributed by atoms with Crippen LogP contribution in [-0.4, -0.2) is 48.6 Å². The summed E-state index contributed by atoms with van der Waals surface area (Å²) in [5.41, 5.74) is 1.62. The maximum atomic E-state index is 11.8. The quantitative estimate of drug-likeness (QED) is 0.769. The van der Waals surface area contributed by atoms with Crippen LogP contribution in [0.25, 0.3) is 16.7 Å². The lowest BCUT2D eigenvalue weighted by Gasteiger charge is -2.39. The number of fused-ring (bicyclic) bond motifs is 1. The Hall–Kier alpha value is -2.45.